The summed E-state index contributed by atoms with van der Waals surface area (Å²) in [4.78, 5) is 15.9. The van der Waals surface area contributed by atoms with Crippen LogP contribution in [0.25, 0.3) is 0 Å². The van der Waals surface area contributed by atoms with E-state index in [1.807, 2.05) is 7.05 Å². The number of rotatable bonds is 5. The molecule has 2 N–H and O–H groups in total. The molecule has 1 heterocycles. The third kappa shape index (κ3) is 4.26. The Balaban J connectivity index is 2.38. The molecule has 1 saturated heterocycles. The van der Waals surface area contributed by atoms with Crippen LogP contribution >= 0.6 is 0 Å². The first kappa shape index (κ1) is 14.4. The van der Waals surface area contributed by atoms with Crippen molar-refractivity contribution in [2.75, 3.05) is 47.4 Å². The smallest absolute Gasteiger partial charge is 0.326 e. The van der Waals surface area contributed by atoms with Gasteiger partial charge in [-0.1, -0.05) is 0 Å². The van der Waals surface area contributed by atoms with Gasteiger partial charge in [0.05, 0.1) is 7.11 Å². The normalized spacial score (nSPS) is 24.9. The lowest BCUT2D eigenvalue weighted by molar-refractivity contribution is -0.147. The Bertz CT molecular complexity index is 268. The molecule has 0 bridgehead atoms. The number of nitrogens with zero attached hydrogens (tertiary/aromatic N) is 2. The summed E-state index contributed by atoms with van der Waals surface area (Å²) >= 11 is 0. The lowest BCUT2D eigenvalue weighted by Gasteiger charge is -2.29. The monoisotopic (exact) mass is 243 g/mol. The van der Waals surface area contributed by atoms with Gasteiger partial charge in [0.1, 0.15) is 5.54 Å². The molecule has 0 aliphatic carbocycles. The van der Waals surface area contributed by atoms with Crippen LogP contribution in [0.15, 0.2) is 0 Å². The number of carbonyl (C=O) groups is 1. The summed E-state index contributed by atoms with van der Waals surface area (Å²) in [6.07, 6.45) is 1.22. The quantitative estimate of drug-likeness (QED) is 0.675. The van der Waals surface area contributed by atoms with Crippen molar-refractivity contribution in [1.82, 2.24) is 9.80 Å². The average Bonchev–Trinajstić information content (AvgIpc) is 2.61. The van der Waals surface area contributed by atoms with Crippen LogP contribution in [0.2, 0.25) is 0 Å². The van der Waals surface area contributed by atoms with Crippen molar-refractivity contribution in [2.24, 2.45) is 11.7 Å². The van der Waals surface area contributed by atoms with E-state index in [4.69, 9.17) is 10.5 Å². The standard InChI is InChI=1S/C12H25N3O2/c1-12(13,11(16)17-4)9-15(3)8-10-5-6-14(2)7-10/h10H,5-9,13H2,1-4H3. The molecule has 17 heavy (non-hydrogen) atoms. The maximum Gasteiger partial charge on any atom is 0.326 e. The number of methoxy groups -OCH3 is 1. The molecule has 5 heteroatoms. The molecular weight excluding hydrogens is 218 g/mol. The molecule has 0 radical (unpaired) electrons. The van der Waals surface area contributed by atoms with Crippen molar-refractivity contribution in [1.29, 1.82) is 0 Å². The van der Waals surface area contributed by atoms with Gasteiger partial charge in [0.15, 0.2) is 0 Å². The number of esters is 1. The van der Waals surface area contributed by atoms with Gasteiger partial charge in [-0.3, -0.25) is 4.79 Å². The summed E-state index contributed by atoms with van der Waals surface area (Å²) in [5.41, 5.74) is 5.02. The van der Waals surface area contributed by atoms with Crippen LogP contribution in [-0.4, -0.2) is 68.7 Å². The highest BCUT2D eigenvalue weighted by Crippen LogP contribution is 2.16. The molecule has 0 spiro atoms. The summed E-state index contributed by atoms with van der Waals surface area (Å²) < 4.78 is 4.70. The first-order valence-electron chi connectivity index (χ1n) is 6.09. The molecule has 1 rings (SSSR count). The van der Waals surface area contributed by atoms with E-state index < -0.39 is 5.54 Å². The second-order valence-electron chi connectivity index (χ2n) is 5.52. The summed E-state index contributed by atoms with van der Waals surface area (Å²) in [6.45, 7) is 5.52. The summed E-state index contributed by atoms with van der Waals surface area (Å²) in [6, 6.07) is 0. The predicted molar refractivity (Wildman–Crippen MR) is 67.7 cm³/mol. The van der Waals surface area contributed by atoms with Crippen molar-refractivity contribution in [3.8, 4) is 0 Å². The van der Waals surface area contributed by atoms with Crippen LogP contribution in [-0.2, 0) is 9.53 Å². The fourth-order valence-corrected chi connectivity index (χ4v) is 2.54. The summed E-state index contributed by atoms with van der Waals surface area (Å²) in [5, 5.41) is 0. The topological polar surface area (TPSA) is 58.8 Å². The van der Waals surface area contributed by atoms with E-state index in [9.17, 15) is 4.79 Å². The number of nitrogens with two attached hydrogens (primary N) is 1. The first-order chi connectivity index (χ1) is 7.85. The second kappa shape index (κ2) is 5.80. The third-order valence-corrected chi connectivity index (χ3v) is 3.31. The minimum absolute atomic E-state index is 0.354. The molecule has 0 aromatic rings. The molecule has 0 aromatic heterocycles. The highest BCUT2D eigenvalue weighted by atomic mass is 16.5. The van der Waals surface area contributed by atoms with Crippen LogP contribution < -0.4 is 5.73 Å². The number of likely N-dealkylation sites (tertiary alicyclic amines) is 1. The van der Waals surface area contributed by atoms with Crippen LogP contribution in [0, 0.1) is 5.92 Å². The van der Waals surface area contributed by atoms with Crippen LogP contribution in [0.1, 0.15) is 13.3 Å². The van der Waals surface area contributed by atoms with Crippen molar-refractivity contribution in [3.05, 3.63) is 0 Å². The molecule has 1 aliphatic heterocycles. The molecule has 0 saturated carbocycles. The van der Waals surface area contributed by atoms with E-state index in [0.717, 1.165) is 19.6 Å². The van der Waals surface area contributed by atoms with Gasteiger partial charge in [0.2, 0.25) is 0 Å². The lowest BCUT2D eigenvalue weighted by Crippen LogP contribution is -2.54. The zero-order valence-corrected chi connectivity index (χ0v) is 11.4. The SMILES string of the molecule is COC(=O)C(C)(N)CN(C)CC1CCN(C)C1. The van der Waals surface area contributed by atoms with E-state index in [2.05, 4.69) is 16.8 Å². The van der Waals surface area contributed by atoms with Crippen molar-refractivity contribution < 1.29 is 9.53 Å². The van der Waals surface area contributed by atoms with Gasteiger partial charge in [0, 0.05) is 19.6 Å². The predicted octanol–water partition coefficient (Wildman–Crippen LogP) is -0.240. The minimum Gasteiger partial charge on any atom is -0.468 e. The molecule has 2 unspecified atom stereocenters. The number of likely N-dealkylation sites (N-methyl/N-ethyl adjacent to an activating group) is 1. The molecule has 1 fully saturated rings. The van der Waals surface area contributed by atoms with Gasteiger partial charge in [-0.15, -0.1) is 0 Å². The third-order valence-electron chi connectivity index (χ3n) is 3.31. The van der Waals surface area contributed by atoms with Crippen molar-refractivity contribution in [2.45, 2.75) is 18.9 Å². The Hall–Kier alpha value is -0.650. The Morgan fingerprint density at radius 1 is 1.65 bits per heavy atom. The van der Waals surface area contributed by atoms with Gasteiger partial charge in [0.25, 0.3) is 0 Å². The maximum absolute atomic E-state index is 11.5. The van der Waals surface area contributed by atoms with Crippen molar-refractivity contribution >= 4 is 5.97 Å². The Morgan fingerprint density at radius 3 is 2.76 bits per heavy atom. The Labute approximate surface area is 104 Å². The van der Waals surface area contributed by atoms with Gasteiger partial charge in [-0.2, -0.15) is 0 Å². The molecule has 0 amide bonds. The van der Waals surface area contributed by atoms with E-state index in [0.29, 0.717) is 12.5 Å². The summed E-state index contributed by atoms with van der Waals surface area (Å²) in [5.74, 6) is 0.325. The van der Waals surface area contributed by atoms with Gasteiger partial charge >= 0.3 is 5.97 Å². The minimum atomic E-state index is -0.923. The van der Waals surface area contributed by atoms with Gasteiger partial charge < -0.3 is 20.3 Å². The van der Waals surface area contributed by atoms with E-state index in [-0.39, 0.29) is 5.97 Å². The van der Waals surface area contributed by atoms with Gasteiger partial charge in [-0.05, 0) is 39.9 Å². The average molecular weight is 243 g/mol. The lowest BCUT2D eigenvalue weighted by atomic mass is 10.0. The van der Waals surface area contributed by atoms with Crippen LogP contribution in [0.4, 0.5) is 0 Å². The zero-order valence-electron chi connectivity index (χ0n) is 11.4. The van der Waals surface area contributed by atoms with Crippen LogP contribution in [0.5, 0.6) is 0 Å². The molecular formula is C12H25N3O2. The Kier molecular flexibility index (Phi) is 4.91. The number of hydrogen-bond acceptors (Lipinski definition) is 5. The number of ether oxygens (including phenoxy) is 1. The first-order valence-corrected chi connectivity index (χ1v) is 6.09. The highest BCUT2D eigenvalue weighted by molar-refractivity contribution is 5.80. The highest BCUT2D eigenvalue weighted by Gasteiger charge is 2.32. The largest absolute Gasteiger partial charge is 0.468 e. The Morgan fingerprint density at radius 2 is 2.29 bits per heavy atom. The van der Waals surface area contributed by atoms with E-state index in [1.54, 1.807) is 6.92 Å². The van der Waals surface area contributed by atoms with E-state index in [1.165, 1.54) is 13.5 Å². The fourth-order valence-electron chi connectivity index (χ4n) is 2.54. The summed E-state index contributed by atoms with van der Waals surface area (Å²) in [7, 11) is 5.52. The molecule has 100 valence electrons. The molecule has 5 nitrogen and oxygen atoms in total. The number of carbonyl (C=O) groups excluding carboxylic acids is 1. The van der Waals surface area contributed by atoms with Gasteiger partial charge in [-0.25, -0.2) is 0 Å². The zero-order chi connectivity index (χ0) is 13.1. The van der Waals surface area contributed by atoms with E-state index >= 15 is 0 Å². The fraction of sp³-hybridized carbons (Fsp3) is 0.917. The molecule has 1 aliphatic rings. The number of hydrogen-bond donors (Lipinski definition) is 1. The second-order valence-corrected chi connectivity index (χ2v) is 5.52. The maximum atomic E-state index is 11.5. The van der Waals surface area contributed by atoms with Crippen LogP contribution in [0.3, 0.4) is 0 Å². The molecule has 0 aromatic carbocycles. The van der Waals surface area contributed by atoms with Crippen molar-refractivity contribution in [3.63, 3.8) is 0 Å². The molecule has 2 atom stereocenters.